The Morgan fingerprint density at radius 3 is 3.07 bits per heavy atom. The third kappa shape index (κ3) is 3.06. The maximum atomic E-state index is 11.5. The molecule has 9 heteroatoms. The molecule has 0 aliphatic heterocycles. The van der Waals surface area contributed by atoms with Crippen molar-refractivity contribution in [3.05, 3.63) is 44.6 Å². The maximum absolute atomic E-state index is 11.5. The van der Waals surface area contributed by atoms with E-state index in [1.54, 1.807) is 17.7 Å². The minimum absolute atomic E-state index is 0.0700. The number of nitrogens with zero attached hydrogens (tertiary/aromatic N) is 2. The van der Waals surface area contributed by atoms with Crippen LogP contribution in [0.1, 0.15) is 23.3 Å². The second-order valence-electron chi connectivity index (χ2n) is 6.96. The van der Waals surface area contributed by atoms with Crippen LogP contribution in [0.25, 0.3) is 20.4 Å². The number of aliphatic carboxylic acids is 1. The van der Waals surface area contributed by atoms with Crippen molar-refractivity contribution in [2.75, 3.05) is 5.32 Å². The minimum atomic E-state index is -0.737. The van der Waals surface area contributed by atoms with Gasteiger partial charge in [-0.05, 0) is 48.9 Å². The van der Waals surface area contributed by atoms with Crippen LogP contribution in [0.4, 0.5) is 11.5 Å². The van der Waals surface area contributed by atoms with Crippen LogP contribution < -0.4 is 10.2 Å². The van der Waals surface area contributed by atoms with Crippen molar-refractivity contribution in [1.29, 1.82) is 0 Å². The molecule has 3 heterocycles. The number of hydrogen-bond donors (Lipinski definition) is 3. The van der Waals surface area contributed by atoms with Gasteiger partial charge in [0.15, 0.2) is 0 Å². The van der Waals surface area contributed by atoms with Gasteiger partial charge in [-0.3, -0.25) is 9.59 Å². The molecule has 28 heavy (non-hydrogen) atoms. The van der Waals surface area contributed by atoms with Gasteiger partial charge in [0.1, 0.15) is 17.0 Å². The van der Waals surface area contributed by atoms with E-state index >= 15 is 0 Å². The van der Waals surface area contributed by atoms with Crippen molar-refractivity contribution < 1.29 is 9.90 Å². The summed E-state index contributed by atoms with van der Waals surface area (Å²) >= 11 is 2.81. The first-order valence-electron chi connectivity index (χ1n) is 8.94. The van der Waals surface area contributed by atoms with E-state index in [-0.39, 0.29) is 17.2 Å². The molecule has 1 aliphatic rings. The zero-order valence-electron chi connectivity index (χ0n) is 14.7. The Morgan fingerprint density at radius 2 is 2.21 bits per heavy atom. The molecule has 1 aliphatic carbocycles. The third-order valence-corrected chi connectivity index (χ3v) is 7.10. The average Bonchev–Trinajstić information content (AvgIpc) is 3.20. The highest BCUT2D eigenvalue weighted by Gasteiger charge is 2.26. The SMILES string of the molecule is O=C(O)CC1CCc2c(sc3ncnc(Nc4ccc5[nH]c(=O)sc5c4)c23)C1. The number of nitrogens with one attached hydrogen (secondary N) is 2. The highest BCUT2D eigenvalue weighted by atomic mass is 32.1. The Morgan fingerprint density at radius 1 is 1.32 bits per heavy atom. The molecule has 1 aromatic carbocycles. The number of thiophene rings is 1. The lowest BCUT2D eigenvalue weighted by atomic mass is 9.86. The molecule has 0 saturated heterocycles. The van der Waals surface area contributed by atoms with Crippen molar-refractivity contribution >= 4 is 60.6 Å². The Kier molecular flexibility index (Phi) is 4.13. The van der Waals surface area contributed by atoms with Gasteiger partial charge in [-0.2, -0.15) is 0 Å². The zero-order chi connectivity index (χ0) is 19.3. The number of hydrogen-bond acceptors (Lipinski definition) is 7. The van der Waals surface area contributed by atoms with Crippen molar-refractivity contribution in [1.82, 2.24) is 15.0 Å². The van der Waals surface area contributed by atoms with Crippen LogP contribution in [0.5, 0.6) is 0 Å². The first-order valence-corrected chi connectivity index (χ1v) is 10.6. The maximum Gasteiger partial charge on any atom is 0.305 e. The standard InChI is InChI=1S/C19H16N4O3S2/c24-15(25)6-9-1-3-11-13(5-9)27-18-16(11)17(20-8-21-18)22-10-2-4-12-14(7-10)28-19(26)23-12/h2,4,7-9H,1,3,5-6H2,(H,23,26)(H,24,25)(H,20,21,22). The largest absolute Gasteiger partial charge is 0.481 e. The Balaban J connectivity index is 1.52. The lowest BCUT2D eigenvalue weighted by Crippen LogP contribution is -2.16. The van der Waals surface area contributed by atoms with E-state index in [1.165, 1.54) is 21.8 Å². The van der Waals surface area contributed by atoms with Gasteiger partial charge in [-0.15, -0.1) is 11.3 Å². The van der Waals surface area contributed by atoms with Gasteiger partial charge < -0.3 is 15.4 Å². The van der Waals surface area contributed by atoms with E-state index < -0.39 is 5.97 Å². The van der Waals surface area contributed by atoms with E-state index in [4.69, 9.17) is 5.11 Å². The smallest absolute Gasteiger partial charge is 0.305 e. The van der Waals surface area contributed by atoms with Crippen molar-refractivity contribution in [3.8, 4) is 0 Å². The molecular formula is C19H16N4O3S2. The van der Waals surface area contributed by atoms with E-state index in [9.17, 15) is 9.59 Å². The predicted octanol–water partition coefficient (Wildman–Crippen LogP) is 3.92. The number of fused-ring (bicyclic) bond motifs is 4. The summed E-state index contributed by atoms with van der Waals surface area (Å²) in [6, 6.07) is 5.74. The van der Waals surface area contributed by atoms with Crippen molar-refractivity contribution in [2.24, 2.45) is 5.92 Å². The Hall–Kier alpha value is -2.78. The number of H-pyrrole nitrogens is 1. The van der Waals surface area contributed by atoms with E-state index in [2.05, 4.69) is 20.3 Å². The van der Waals surface area contributed by atoms with Crippen LogP contribution in [0.15, 0.2) is 29.3 Å². The van der Waals surface area contributed by atoms with Crippen LogP contribution in [0.3, 0.4) is 0 Å². The summed E-state index contributed by atoms with van der Waals surface area (Å²) in [7, 11) is 0. The number of aromatic amines is 1. The first kappa shape index (κ1) is 17.3. The molecule has 1 unspecified atom stereocenters. The van der Waals surface area contributed by atoms with Gasteiger partial charge >= 0.3 is 10.8 Å². The van der Waals surface area contributed by atoms with E-state index in [1.807, 2.05) is 18.2 Å². The molecule has 0 amide bonds. The Labute approximate surface area is 167 Å². The molecule has 7 nitrogen and oxygen atoms in total. The highest BCUT2D eigenvalue weighted by Crippen LogP contribution is 2.41. The number of aryl methyl sites for hydroxylation is 1. The fourth-order valence-corrected chi connectivity index (χ4v) is 5.93. The minimum Gasteiger partial charge on any atom is -0.481 e. The van der Waals surface area contributed by atoms with Crippen LogP contribution in [-0.2, 0) is 17.6 Å². The number of carbonyl (C=O) groups is 1. The van der Waals surface area contributed by atoms with Crippen molar-refractivity contribution in [2.45, 2.75) is 25.7 Å². The van der Waals surface area contributed by atoms with Crippen LogP contribution in [-0.4, -0.2) is 26.0 Å². The molecule has 0 bridgehead atoms. The van der Waals surface area contributed by atoms with Gasteiger partial charge in [0.25, 0.3) is 0 Å². The van der Waals surface area contributed by atoms with Crippen molar-refractivity contribution in [3.63, 3.8) is 0 Å². The van der Waals surface area contributed by atoms with Gasteiger partial charge in [0.05, 0.1) is 15.6 Å². The fourth-order valence-electron chi connectivity index (χ4n) is 3.85. The number of anilines is 2. The Bertz CT molecular complexity index is 1270. The molecular weight excluding hydrogens is 396 g/mol. The number of carboxylic acids is 1. The van der Waals surface area contributed by atoms with Crippen LogP contribution >= 0.6 is 22.7 Å². The number of thiazole rings is 1. The summed E-state index contributed by atoms with van der Waals surface area (Å²) in [6.07, 6.45) is 4.25. The molecule has 3 N–H and O–H groups in total. The molecule has 3 aromatic heterocycles. The molecule has 0 spiro atoms. The van der Waals surface area contributed by atoms with Crippen LogP contribution in [0.2, 0.25) is 0 Å². The summed E-state index contributed by atoms with van der Waals surface area (Å²) in [5.74, 6) is 0.196. The number of benzene rings is 1. The molecule has 142 valence electrons. The topological polar surface area (TPSA) is 108 Å². The fraction of sp³-hybridized carbons (Fsp3) is 0.263. The van der Waals surface area contributed by atoms with Gasteiger partial charge in [-0.25, -0.2) is 9.97 Å². The van der Waals surface area contributed by atoms with E-state index in [0.29, 0.717) is 0 Å². The summed E-state index contributed by atoms with van der Waals surface area (Å²) in [5.41, 5.74) is 2.92. The summed E-state index contributed by atoms with van der Waals surface area (Å²) < 4.78 is 0.893. The average molecular weight is 412 g/mol. The summed E-state index contributed by atoms with van der Waals surface area (Å²) in [6.45, 7) is 0. The molecule has 1 atom stereocenters. The lowest BCUT2D eigenvalue weighted by molar-refractivity contribution is -0.138. The van der Waals surface area contributed by atoms with Crippen LogP contribution in [0, 0.1) is 5.92 Å². The second kappa shape index (κ2) is 6.68. The predicted molar refractivity (Wildman–Crippen MR) is 111 cm³/mol. The molecule has 5 rings (SSSR count). The monoisotopic (exact) mass is 412 g/mol. The number of rotatable bonds is 4. The zero-order valence-corrected chi connectivity index (χ0v) is 16.3. The molecule has 0 saturated carbocycles. The second-order valence-corrected chi connectivity index (χ2v) is 9.06. The van der Waals surface area contributed by atoms with E-state index in [0.717, 1.165) is 51.2 Å². The lowest BCUT2D eigenvalue weighted by Gasteiger charge is -2.20. The summed E-state index contributed by atoms with van der Waals surface area (Å²) in [5, 5.41) is 13.5. The first-order chi connectivity index (χ1) is 13.6. The molecule has 0 radical (unpaired) electrons. The summed E-state index contributed by atoms with van der Waals surface area (Å²) in [4.78, 5) is 36.4. The number of carboxylic acid groups (broad SMARTS) is 1. The van der Waals surface area contributed by atoms with Gasteiger partial charge in [0, 0.05) is 17.0 Å². The third-order valence-electron chi connectivity index (χ3n) is 5.09. The van der Waals surface area contributed by atoms with Gasteiger partial charge in [-0.1, -0.05) is 11.3 Å². The molecule has 4 aromatic rings. The normalized spacial score (nSPS) is 16.4. The quantitative estimate of drug-likeness (QED) is 0.469. The van der Waals surface area contributed by atoms with Gasteiger partial charge in [0.2, 0.25) is 0 Å². The number of aromatic nitrogens is 3. The molecule has 0 fully saturated rings. The highest BCUT2D eigenvalue weighted by molar-refractivity contribution is 7.19.